The monoisotopic (exact) mass is 337 g/mol. The van der Waals surface area contributed by atoms with Gasteiger partial charge in [-0.25, -0.2) is 4.68 Å². The SMILES string of the molecule is O=C(NCCc1cccs1)c1nn(-c2ccccc2)c2c1CCC2. The van der Waals surface area contributed by atoms with Crippen molar-refractivity contribution in [3.05, 3.63) is 69.7 Å². The third-order valence-electron chi connectivity index (χ3n) is 4.38. The second-order valence-corrected chi connectivity index (χ2v) is 6.99. The van der Waals surface area contributed by atoms with Crippen molar-refractivity contribution in [2.45, 2.75) is 25.7 Å². The van der Waals surface area contributed by atoms with Crippen LogP contribution in [0.15, 0.2) is 47.8 Å². The number of hydrogen-bond donors (Lipinski definition) is 1. The molecule has 3 aromatic rings. The van der Waals surface area contributed by atoms with E-state index in [1.807, 2.05) is 41.1 Å². The Morgan fingerprint density at radius 1 is 1.17 bits per heavy atom. The maximum atomic E-state index is 12.6. The number of rotatable bonds is 5. The van der Waals surface area contributed by atoms with E-state index in [0.717, 1.165) is 36.9 Å². The Kier molecular flexibility index (Phi) is 4.17. The first-order valence-electron chi connectivity index (χ1n) is 8.30. The van der Waals surface area contributed by atoms with Gasteiger partial charge in [-0.05, 0) is 49.3 Å². The van der Waals surface area contributed by atoms with Crippen LogP contribution in [0.4, 0.5) is 0 Å². The smallest absolute Gasteiger partial charge is 0.272 e. The molecular formula is C19H19N3OS. The van der Waals surface area contributed by atoms with Gasteiger partial charge in [-0.1, -0.05) is 24.3 Å². The van der Waals surface area contributed by atoms with Crippen LogP contribution >= 0.6 is 11.3 Å². The fraction of sp³-hybridized carbons (Fsp3) is 0.263. The van der Waals surface area contributed by atoms with Gasteiger partial charge >= 0.3 is 0 Å². The molecule has 0 saturated carbocycles. The van der Waals surface area contributed by atoms with Gasteiger partial charge < -0.3 is 5.32 Å². The van der Waals surface area contributed by atoms with Crippen LogP contribution in [0.1, 0.15) is 33.0 Å². The molecule has 0 atom stereocenters. The number of amides is 1. The van der Waals surface area contributed by atoms with Crippen LogP contribution in [-0.4, -0.2) is 22.2 Å². The molecule has 5 heteroatoms. The lowest BCUT2D eigenvalue weighted by Gasteiger charge is -2.05. The van der Waals surface area contributed by atoms with E-state index in [-0.39, 0.29) is 5.91 Å². The van der Waals surface area contributed by atoms with Gasteiger partial charge in [0.15, 0.2) is 5.69 Å². The summed E-state index contributed by atoms with van der Waals surface area (Å²) in [7, 11) is 0. The maximum Gasteiger partial charge on any atom is 0.272 e. The highest BCUT2D eigenvalue weighted by Gasteiger charge is 2.26. The number of carbonyl (C=O) groups is 1. The van der Waals surface area contributed by atoms with E-state index in [0.29, 0.717) is 12.2 Å². The zero-order valence-electron chi connectivity index (χ0n) is 13.4. The molecule has 4 nitrogen and oxygen atoms in total. The molecule has 4 rings (SSSR count). The van der Waals surface area contributed by atoms with E-state index < -0.39 is 0 Å². The first kappa shape index (κ1) is 15.1. The van der Waals surface area contributed by atoms with Crippen molar-refractivity contribution >= 4 is 17.2 Å². The van der Waals surface area contributed by atoms with E-state index in [1.165, 1.54) is 10.6 Å². The number of hydrogen-bond acceptors (Lipinski definition) is 3. The first-order chi connectivity index (χ1) is 11.8. The number of nitrogens with one attached hydrogen (secondary N) is 1. The normalized spacial score (nSPS) is 13.0. The summed E-state index contributed by atoms with van der Waals surface area (Å²) < 4.78 is 1.94. The summed E-state index contributed by atoms with van der Waals surface area (Å²) in [6.07, 6.45) is 3.88. The summed E-state index contributed by atoms with van der Waals surface area (Å²) in [6, 6.07) is 14.2. The highest BCUT2D eigenvalue weighted by molar-refractivity contribution is 7.09. The molecule has 0 radical (unpaired) electrons. The summed E-state index contributed by atoms with van der Waals surface area (Å²) >= 11 is 1.72. The second kappa shape index (κ2) is 6.61. The summed E-state index contributed by atoms with van der Waals surface area (Å²) in [5.41, 5.74) is 3.92. The van der Waals surface area contributed by atoms with Crippen molar-refractivity contribution in [2.75, 3.05) is 6.54 Å². The molecule has 2 heterocycles. The standard InChI is InChI=1S/C19H19N3OS/c23-19(20-12-11-15-8-5-13-24-15)18-16-9-4-10-17(16)22(21-18)14-6-2-1-3-7-14/h1-3,5-8,13H,4,9-12H2,(H,20,23). The van der Waals surface area contributed by atoms with Gasteiger partial charge in [0, 0.05) is 22.7 Å². The number of benzene rings is 1. The molecule has 0 saturated heterocycles. The van der Waals surface area contributed by atoms with Crippen molar-refractivity contribution < 1.29 is 4.79 Å². The van der Waals surface area contributed by atoms with E-state index in [2.05, 4.69) is 21.9 Å². The zero-order chi connectivity index (χ0) is 16.4. The molecule has 2 aromatic heterocycles. The van der Waals surface area contributed by atoms with Crippen LogP contribution < -0.4 is 5.32 Å². The third-order valence-corrected chi connectivity index (χ3v) is 5.32. The fourth-order valence-electron chi connectivity index (χ4n) is 3.24. The fourth-order valence-corrected chi connectivity index (χ4v) is 3.95. The van der Waals surface area contributed by atoms with Gasteiger partial charge in [0.1, 0.15) is 0 Å². The predicted molar refractivity (Wildman–Crippen MR) is 95.9 cm³/mol. The largest absolute Gasteiger partial charge is 0.350 e. The molecule has 0 fully saturated rings. The van der Waals surface area contributed by atoms with Crippen molar-refractivity contribution in [1.29, 1.82) is 0 Å². The number of carbonyl (C=O) groups excluding carboxylic acids is 1. The molecule has 0 bridgehead atoms. The minimum Gasteiger partial charge on any atom is -0.350 e. The molecular weight excluding hydrogens is 318 g/mol. The molecule has 1 aliphatic carbocycles. The van der Waals surface area contributed by atoms with Crippen molar-refractivity contribution in [2.24, 2.45) is 0 Å². The molecule has 1 aliphatic rings. The first-order valence-corrected chi connectivity index (χ1v) is 9.17. The van der Waals surface area contributed by atoms with Gasteiger partial charge in [-0.15, -0.1) is 11.3 Å². The van der Waals surface area contributed by atoms with Crippen LogP contribution in [-0.2, 0) is 19.3 Å². The minimum absolute atomic E-state index is 0.0561. The van der Waals surface area contributed by atoms with Crippen LogP contribution in [0.2, 0.25) is 0 Å². The second-order valence-electron chi connectivity index (χ2n) is 5.96. The maximum absolute atomic E-state index is 12.6. The number of nitrogens with zero attached hydrogens (tertiary/aromatic N) is 2. The number of aromatic nitrogens is 2. The highest BCUT2D eigenvalue weighted by Crippen LogP contribution is 2.27. The van der Waals surface area contributed by atoms with Crippen molar-refractivity contribution in [3.8, 4) is 5.69 Å². The summed E-state index contributed by atoms with van der Waals surface area (Å²) in [4.78, 5) is 13.9. The van der Waals surface area contributed by atoms with Crippen molar-refractivity contribution in [1.82, 2.24) is 15.1 Å². The zero-order valence-corrected chi connectivity index (χ0v) is 14.2. The van der Waals surface area contributed by atoms with Gasteiger partial charge in [-0.2, -0.15) is 5.10 Å². The van der Waals surface area contributed by atoms with E-state index in [9.17, 15) is 4.79 Å². The van der Waals surface area contributed by atoms with Crippen LogP contribution in [0, 0.1) is 0 Å². The average Bonchev–Trinajstić information content (AvgIpc) is 3.33. The molecule has 1 N–H and O–H groups in total. The molecule has 122 valence electrons. The van der Waals surface area contributed by atoms with E-state index in [4.69, 9.17) is 0 Å². The minimum atomic E-state index is -0.0561. The number of fused-ring (bicyclic) bond motifs is 1. The van der Waals surface area contributed by atoms with Crippen LogP contribution in [0.3, 0.4) is 0 Å². The summed E-state index contributed by atoms with van der Waals surface area (Å²) in [5.74, 6) is -0.0561. The molecule has 0 aliphatic heterocycles. The Labute approximate surface area is 145 Å². The lowest BCUT2D eigenvalue weighted by molar-refractivity contribution is 0.0948. The van der Waals surface area contributed by atoms with E-state index in [1.54, 1.807) is 11.3 Å². The van der Waals surface area contributed by atoms with Crippen molar-refractivity contribution in [3.63, 3.8) is 0 Å². The lowest BCUT2D eigenvalue weighted by atomic mass is 10.2. The highest BCUT2D eigenvalue weighted by atomic mass is 32.1. The number of para-hydroxylation sites is 1. The summed E-state index contributed by atoms with van der Waals surface area (Å²) in [6.45, 7) is 0.645. The molecule has 1 amide bonds. The van der Waals surface area contributed by atoms with Crippen LogP contribution in [0.25, 0.3) is 5.69 Å². The average molecular weight is 337 g/mol. The Balaban J connectivity index is 1.54. The van der Waals surface area contributed by atoms with Gasteiger partial charge in [-0.3, -0.25) is 4.79 Å². The quantitative estimate of drug-likeness (QED) is 0.776. The number of thiophene rings is 1. The molecule has 1 aromatic carbocycles. The van der Waals surface area contributed by atoms with Gasteiger partial charge in [0.2, 0.25) is 0 Å². The Morgan fingerprint density at radius 3 is 2.83 bits per heavy atom. The topological polar surface area (TPSA) is 46.9 Å². The van der Waals surface area contributed by atoms with Gasteiger partial charge in [0.25, 0.3) is 5.91 Å². The molecule has 24 heavy (non-hydrogen) atoms. The lowest BCUT2D eigenvalue weighted by Crippen LogP contribution is -2.26. The Bertz CT molecular complexity index is 837. The molecule has 0 spiro atoms. The van der Waals surface area contributed by atoms with Gasteiger partial charge in [0.05, 0.1) is 5.69 Å². The Hall–Kier alpha value is -2.40. The summed E-state index contributed by atoms with van der Waals surface area (Å²) in [5, 5.41) is 9.71. The Morgan fingerprint density at radius 2 is 2.04 bits per heavy atom. The third kappa shape index (κ3) is 2.87. The van der Waals surface area contributed by atoms with E-state index >= 15 is 0 Å². The molecule has 0 unspecified atom stereocenters. The predicted octanol–water partition coefficient (Wildman–Crippen LogP) is 3.40. The van der Waals surface area contributed by atoms with Crippen LogP contribution in [0.5, 0.6) is 0 Å².